The summed E-state index contributed by atoms with van der Waals surface area (Å²) in [7, 11) is 0. The molecule has 0 bridgehead atoms. The number of piperidine rings is 1. The number of rotatable bonds is 6. The summed E-state index contributed by atoms with van der Waals surface area (Å²) in [6.07, 6.45) is 2.75. The molecule has 3 rings (SSSR count). The Morgan fingerprint density at radius 3 is 1.85 bits per heavy atom. The highest BCUT2D eigenvalue weighted by Gasteiger charge is 2.28. The van der Waals surface area contributed by atoms with Crippen molar-refractivity contribution in [3.05, 3.63) is 77.4 Å². The number of carboxylic acid groups (broad SMARTS) is 1. The Morgan fingerprint density at radius 1 is 0.926 bits per heavy atom. The Balaban J connectivity index is 1.76. The van der Waals surface area contributed by atoms with Crippen molar-refractivity contribution in [1.29, 1.82) is 0 Å². The molecule has 0 aliphatic carbocycles. The lowest BCUT2D eigenvalue weighted by atomic mass is 9.87. The van der Waals surface area contributed by atoms with Crippen LogP contribution in [0.4, 0.5) is 0 Å². The van der Waals surface area contributed by atoms with Gasteiger partial charge in [-0.3, -0.25) is 4.79 Å². The topological polar surface area (TPSA) is 40.5 Å². The minimum atomic E-state index is -0.712. The zero-order valence-corrected chi connectivity index (χ0v) is 16.3. The summed E-state index contributed by atoms with van der Waals surface area (Å²) in [5, 5.41) is 9.31. The van der Waals surface area contributed by atoms with Crippen LogP contribution in [0.2, 0.25) is 0 Å². The van der Waals surface area contributed by atoms with Crippen LogP contribution in [0.15, 0.2) is 66.2 Å². The van der Waals surface area contributed by atoms with Gasteiger partial charge in [0.15, 0.2) is 0 Å². The van der Waals surface area contributed by atoms with Crippen LogP contribution in [0.3, 0.4) is 0 Å². The van der Waals surface area contributed by atoms with Gasteiger partial charge in [-0.25, -0.2) is 0 Å². The summed E-state index contributed by atoms with van der Waals surface area (Å²) in [4.78, 5) is 13.7. The smallest absolute Gasteiger partial charge is 0.309 e. The van der Waals surface area contributed by atoms with E-state index in [1.165, 1.54) is 22.3 Å². The maximum Gasteiger partial charge on any atom is 0.309 e. The van der Waals surface area contributed by atoms with E-state index in [1.807, 2.05) is 13.8 Å². The van der Waals surface area contributed by atoms with Gasteiger partial charge in [-0.15, -0.1) is 0 Å². The van der Waals surface area contributed by atoms with Crippen molar-refractivity contribution in [2.45, 2.75) is 33.1 Å². The van der Waals surface area contributed by atoms with Crippen molar-refractivity contribution in [3.8, 4) is 0 Å². The number of carbonyl (C=O) groups is 1. The Hall–Kier alpha value is -2.39. The number of aliphatic carboxylic acids is 1. The monoisotopic (exact) mass is 363 g/mol. The Morgan fingerprint density at radius 2 is 1.41 bits per heavy atom. The summed E-state index contributed by atoms with van der Waals surface area (Å²) >= 11 is 0. The van der Waals surface area contributed by atoms with Crippen molar-refractivity contribution in [1.82, 2.24) is 4.90 Å². The molecule has 0 atom stereocenters. The quantitative estimate of drug-likeness (QED) is 0.777. The normalized spacial score (nSPS) is 15.6. The Kier molecular flexibility index (Phi) is 6.12. The predicted molar refractivity (Wildman–Crippen MR) is 111 cm³/mol. The fourth-order valence-corrected chi connectivity index (χ4v) is 3.63. The second kappa shape index (κ2) is 8.53. The zero-order valence-electron chi connectivity index (χ0n) is 16.3. The Labute approximate surface area is 162 Å². The molecule has 3 heteroatoms. The van der Waals surface area contributed by atoms with Gasteiger partial charge in [-0.05, 0) is 56.4 Å². The van der Waals surface area contributed by atoms with Crippen molar-refractivity contribution in [3.63, 3.8) is 0 Å². The summed E-state index contributed by atoms with van der Waals surface area (Å²) < 4.78 is 0. The minimum Gasteiger partial charge on any atom is -0.481 e. The van der Waals surface area contributed by atoms with Crippen LogP contribution in [0.1, 0.15) is 44.2 Å². The molecule has 2 aromatic carbocycles. The third-order valence-electron chi connectivity index (χ3n) is 5.57. The molecule has 0 amide bonds. The Bertz CT molecular complexity index is 742. The molecule has 27 heavy (non-hydrogen) atoms. The van der Waals surface area contributed by atoms with Crippen LogP contribution in [0, 0.1) is 5.41 Å². The average Bonchev–Trinajstić information content (AvgIpc) is 2.69. The highest BCUT2D eigenvalue weighted by Crippen LogP contribution is 2.32. The van der Waals surface area contributed by atoms with E-state index in [9.17, 15) is 9.90 Å². The highest BCUT2D eigenvalue weighted by atomic mass is 16.4. The van der Waals surface area contributed by atoms with Gasteiger partial charge >= 0.3 is 5.97 Å². The van der Waals surface area contributed by atoms with E-state index < -0.39 is 11.4 Å². The van der Waals surface area contributed by atoms with Crippen LogP contribution in [0.25, 0.3) is 5.57 Å². The van der Waals surface area contributed by atoms with Crippen molar-refractivity contribution < 1.29 is 9.90 Å². The van der Waals surface area contributed by atoms with E-state index in [2.05, 4.69) is 65.6 Å². The summed E-state index contributed by atoms with van der Waals surface area (Å²) in [5.41, 5.74) is 4.76. The van der Waals surface area contributed by atoms with E-state index in [-0.39, 0.29) is 0 Å². The maximum atomic E-state index is 11.3. The van der Waals surface area contributed by atoms with Crippen LogP contribution < -0.4 is 0 Å². The lowest BCUT2D eigenvalue weighted by Crippen LogP contribution is -2.36. The summed E-state index contributed by atoms with van der Waals surface area (Å²) in [6.45, 7) is 6.46. The molecule has 3 nitrogen and oxygen atoms in total. The molecular formula is C24H29NO2. The van der Waals surface area contributed by atoms with E-state index in [0.717, 1.165) is 32.5 Å². The molecule has 1 aliphatic heterocycles. The fourth-order valence-electron chi connectivity index (χ4n) is 3.63. The predicted octanol–water partition coefficient (Wildman–Crippen LogP) is 5.09. The SMILES string of the molecule is CC(C)(CCN1CCC(=C(c2ccccc2)c2ccccc2)CC1)C(=O)O. The van der Waals surface area contributed by atoms with Gasteiger partial charge in [0, 0.05) is 13.1 Å². The number of carboxylic acids is 1. The van der Waals surface area contributed by atoms with Crippen LogP contribution >= 0.6 is 0 Å². The molecule has 0 unspecified atom stereocenters. The molecule has 1 fully saturated rings. The number of likely N-dealkylation sites (tertiary alicyclic amines) is 1. The van der Waals surface area contributed by atoms with Gasteiger partial charge < -0.3 is 10.0 Å². The standard InChI is InChI=1S/C24H29NO2/c1-24(2,23(26)27)15-18-25-16-13-21(14-17-25)22(19-9-5-3-6-10-19)20-11-7-4-8-12-20/h3-12H,13-18H2,1-2H3,(H,26,27). The molecule has 0 aromatic heterocycles. The van der Waals surface area contributed by atoms with Crippen molar-refractivity contribution in [2.75, 3.05) is 19.6 Å². The van der Waals surface area contributed by atoms with Crippen LogP contribution in [-0.4, -0.2) is 35.6 Å². The first kappa shape index (κ1) is 19.4. The lowest BCUT2D eigenvalue weighted by molar-refractivity contribution is -0.147. The van der Waals surface area contributed by atoms with Gasteiger partial charge in [0.2, 0.25) is 0 Å². The molecule has 1 heterocycles. The maximum absolute atomic E-state index is 11.3. The number of hydrogen-bond donors (Lipinski definition) is 1. The fraction of sp³-hybridized carbons (Fsp3) is 0.375. The molecule has 0 spiro atoms. The van der Waals surface area contributed by atoms with Gasteiger partial charge in [0.25, 0.3) is 0 Å². The summed E-state index contributed by atoms with van der Waals surface area (Å²) in [6, 6.07) is 21.3. The van der Waals surface area contributed by atoms with Crippen molar-refractivity contribution >= 4 is 11.5 Å². The molecule has 1 aliphatic rings. The van der Waals surface area contributed by atoms with E-state index in [1.54, 1.807) is 0 Å². The second-order valence-corrected chi connectivity index (χ2v) is 7.99. The second-order valence-electron chi connectivity index (χ2n) is 7.99. The average molecular weight is 364 g/mol. The minimum absolute atomic E-state index is 0.657. The first-order valence-corrected chi connectivity index (χ1v) is 9.76. The zero-order chi connectivity index (χ0) is 19.3. The van der Waals surface area contributed by atoms with Crippen LogP contribution in [-0.2, 0) is 4.79 Å². The lowest BCUT2D eigenvalue weighted by Gasteiger charge is -2.32. The molecule has 0 saturated carbocycles. The van der Waals surface area contributed by atoms with Gasteiger partial charge in [0.05, 0.1) is 5.41 Å². The largest absolute Gasteiger partial charge is 0.481 e. The number of hydrogen-bond acceptors (Lipinski definition) is 2. The third-order valence-corrected chi connectivity index (χ3v) is 5.57. The molecule has 142 valence electrons. The highest BCUT2D eigenvalue weighted by molar-refractivity contribution is 5.82. The third kappa shape index (κ3) is 4.86. The van der Waals surface area contributed by atoms with E-state index >= 15 is 0 Å². The van der Waals surface area contributed by atoms with Crippen molar-refractivity contribution in [2.24, 2.45) is 5.41 Å². The van der Waals surface area contributed by atoms with Gasteiger partial charge in [0.1, 0.15) is 0 Å². The van der Waals surface area contributed by atoms with E-state index in [4.69, 9.17) is 0 Å². The summed E-state index contributed by atoms with van der Waals surface area (Å²) in [5.74, 6) is -0.712. The van der Waals surface area contributed by atoms with Gasteiger partial charge in [-0.1, -0.05) is 66.2 Å². The molecule has 1 N–H and O–H groups in total. The first-order chi connectivity index (χ1) is 13.0. The number of nitrogens with zero attached hydrogens (tertiary/aromatic N) is 1. The van der Waals surface area contributed by atoms with Crippen LogP contribution in [0.5, 0.6) is 0 Å². The van der Waals surface area contributed by atoms with Gasteiger partial charge in [-0.2, -0.15) is 0 Å². The molecular weight excluding hydrogens is 334 g/mol. The van der Waals surface area contributed by atoms with E-state index in [0.29, 0.717) is 6.42 Å². The molecule has 2 aromatic rings. The molecule has 1 saturated heterocycles. The number of benzene rings is 2. The first-order valence-electron chi connectivity index (χ1n) is 9.76. The molecule has 0 radical (unpaired) electrons.